The molecule has 1 fully saturated rings. The molecule has 162 valence electrons. The molecule has 1 amide bonds. The molecule has 0 radical (unpaired) electrons. The van der Waals surface area contributed by atoms with Crippen LogP contribution in [-0.4, -0.2) is 52.3 Å². The molecule has 1 saturated heterocycles. The molecule has 0 spiro atoms. The van der Waals surface area contributed by atoms with Gasteiger partial charge in [0.1, 0.15) is 12.4 Å². The fourth-order valence-corrected chi connectivity index (χ4v) is 3.92. The first-order valence-electron chi connectivity index (χ1n) is 10.2. The predicted octanol–water partition coefficient (Wildman–Crippen LogP) is 3.21. The van der Waals surface area contributed by atoms with Gasteiger partial charge in [0.15, 0.2) is 11.5 Å². The van der Waals surface area contributed by atoms with Gasteiger partial charge in [-0.1, -0.05) is 6.07 Å². The van der Waals surface area contributed by atoms with E-state index in [0.29, 0.717) is 18.0 Å². The number of nitro groups is 1. The molecular weight excluding hydrogens is 388 g/mol. The third kappa shape index (κ3) is 5.28. The number of likely N-dealkylation sites (tertiary alicyclic amines) is 1. The molecule has 0 aliphatic carbocycles. The van der Waals surface area contributed by atoms with E-state index in [4.69, 9.17) is 9.47 Å². The lowest BCUT2D eigenvalue weighted by molar-refractivity contribution is -0.385. The molecule has 0 N–H and O–H groups in total. The molecule has 3 rings (SSSR count). The average Bonchev–Trinajstić information content (AvgIpc) is 3.25. The van der Waals surface area contributed by atoms with Crippen molar-refractivity contribution in [2.75, 3.05) is 20.8 Å². The molecule has 1 aromatic heterocycles. The van der Waals surface area contributed by atoms with Crippen molar-refractivity contribution >= 4 is 11.6 Å². The van der Waals surface area contributed by atoms with E-state index in [1.165, 1.54) is 17.1 Å². The molecular formula is C21H28N4O5. The number of hydrogen-bond donors (Lipinski definition) is 0. The molecule has 9 heteroatoms. The number of methoxy groups -OCH3 is 2. The normalized spacial score (nSPS) is 16.3. The first-order chi connectivity index (χ1) is 14.5. The fourth-order valence-electron chi connectivity index (χ4n) is 3.92. The van der Waals surface area contributed by atoms with Gasteiger partial charge in [-0.15, -0.1) is 0 Å². The van der Waals surface area contributed by atoms with Gasteiger partial charge in [-0.25, -0.2) is 0 Å². The standard InChI is InChI=1S/C21H28N4O5/c1-29-19-9-7-16(13-20(19)30-2)6-8-17-5-3-4-11-24(17)21(26)10-12-23-15-18(14-22-23)25(27)28/h7,9,13-15,17H,3-6,8,10-12H2,1-2H3. The van der Waals surface area contributed by atoms with E-state index in [2.05, 4.69) is 5.10 Å². The molecule has 1 aromatic carbocycles. The van der Waals surface area contributed by atoms with Gasteiger partial charge < -0.3 is 14.4 Å². The number of aromatic nitrogens is 2. The van der Waals surface area contributed by atoms with Gasteiger partial charge in [0.2, 0.25) is 5.91 Å². The zero-order valence-electron chi connectivity index (χ0n) is 17.5. The number of aryl methyl sites for hydroxylation is 2. The summed E-state index contributed by atoms with van der Waals surface area (Å²) in [7, 11) is 3.24. The van der Waals surface area contributed by atoms with Crippen LogP contribution in [0.15, 0.2) is 30.6 Å². The quantitative estimate of drug-likeness (QED) is 0.460. The summed E-state index contributed by atoms with van der Waals surface area (Å²) >= 11 is 0. The van der Waals surface area contributed by atoms with Crippen molar-refractivity contribution in [3.05, 3.63) is 46.3 Å². The maximum Gasteiger partial charge on any atom is 0.306 e. The third-order valence-corrected chi connectivity index (χ3v) is 5.55. The highest BCUT2D eigenvalue weighted by atomic mass is 16.6. The summed E-state index contributed by atoms with van der Waals surface area (Å²) in [6.07, 6.45) is 7.69. The number of ether oxygens (including phenoxy) is 2. The van der Waals surface area contributed by atoms with Crippen LogP contribution < -0.4 is 9.47 Å². The molecule has 30 heavy (non-hydrogen) atoms. The number of nitrogens with zero attached hydrogens (tertiary/aromatic N) is 4. The molecule has 9 nitrogen and oxygen atoms in total. The Morgan fingerprint density at radius 1 is 1.27 bits per heavy atom. The van der Waals surface area contributed by atoms with Crippen LogP contribution in [0.3, 0.4) is 0 Å². The average molecular weight is 416 g/mol. The van der Waals surface area contributed by atoms with Crippen LogP contribution in [0.2, 0.25) is 0 Å². The molecule has 1 aliphatic heterocycles. The smallest absolute Gasteiger partial charge is 0.306 e. The van der Waals surface area contributed by atoms with Gasteiger partial charge in [0.25, 0.3) is 0 Å². The molecule has 2 heterocycles. The summed E-state index contributed by atoms with van der Waals surface area (Å²) in [5, 5.41) is 14.7. The van der Waals surface area contributed by atoms with Crippen molar-refractivity contribution < 1.29 is 19.2 Å². The van der Waals surface area contributed by atoms with Crippen LogP contribution >= 0.6 is 0 Å². The lowest BCUT2D eigenvalue weighted by Crippen LogP contribution is -2.44. The van der Waals surface area contributed by atoms with E-state index in [0.717, 1.165) is 44.2 Å². The first-order valence-corrected chi connectivity index (χ1v) is 10.2. The first kappa shape index (κ1) is 21.6. The van der Waals surface area contributed by atoms with E-state index >= 15 is 0 Å². The SMILES string of the molecule is COc1ccc(CCC2CCCCN2C(=O)CCn2cc([N+](=O)[O-])cn2)cc1OC. The Morgan fingerprint density at radius 3 is 2.77 bits per heavy atom. The minimum Gasteiger partial charge on any atom is -0.493 e. The second-order valence-corrected chi connectivity index (χ2v) is 7.43. The lowest BCUT2D eigenvalue weighted by atomic mass is 9.95. The largest absolute Gasteiger partial charge is 0.493 e. The van der Waals surface area contributed by atoms with Crippen LogP contribution in [0.1, 0.15) is 37.7 Å². The zero-order chi connectivity index (χ0) is 21.5. The van der Waals surface area contributed by atoms with Crippen molar-refractivity contribution in [1.82, 2.24) is 14.7 Å². The fraction of sp³-hybridized carbons (Fsp3) is 0.524. The minimum absolute atomic E-state index is 0.0618. The summed E-state index contributed by atoms with van der Waals surface area (Å²) in [4.78, 5) is 25.1. The number of hydrogen-bond acceptors (Lipinski definition) is 6. The number of rotatable bonds is 9. The minimum atomic E-state index is -0.486. The summed E-state index contributed by atoms with van der Waals surface area (Å²) in [6.45, 7) is 1.10. The number of carbonyl (C=O) groups is 1. The number of carbonyl (C=O) groups excluding carboxylic acids is 1. The highest BCUT2D eigenvalue weighted by molar-refractivity contribution is 5.76. The van der Waals surface area contributed by atoms with E-state index in [1.54, 1.807) is 14.2 Å². The number of amides is 1. The summed E-state index contributed by atoms with van der Waals surface area (Å²) in [5.41, 5.74) is 1.09. The lowest BCUT2D eigenvalue weighted by Gasteiger charge is -2.36. The molecule has 0 bridgehead atoms. The maximum atomic E-state index is 12.8. The molecule has 1 atom stereocenters. The molecule has 2 aromatic rings. The van der Waals surface area contributed by atoms with Crippen LogP contribution in [-0.2, 0) is 17.8 Å². The van der Waals surface area contributed by atoms with Crippen molar-refractivity contribution in [3.8, 4) is 11.5 Å². The molecule has 1 unspecified atom stereocenters. The second kappa shape index (κ2) is 10.1. The van der Waals surface area contributed by atoms with Crippen molar-refractivity contribution in [3.63, 3.8) is 0 Å². The van der Waals surface area contributed by atoms with Crippen molar-refractivity contribution in [1.29, 1.82) is 0 Å². The van der Waals surface area contributed by atoms with Crippen LogP contribution in [0.5, 0.6) is 11.5 Å². The predicted molar refractivity (Wildman–Crippen MR) is 111 cm³/mol. The van der Waals surface area contributed by atoms with Gasteiger partial charge >= 0.3 is 5.69 Å². The maximum absolute atomic E-state index is 12.8. The van der Waals surface area contributed by atoms with Gasteiger partial charge in [-0.05, 0) is 49.8 Å². The Hall–Kier alpha value is -3.10. The Balaban J connectivity index is 1.57. The van der Waals surface area contributed by atoms with Crippen LogP contribution in [0, 0.1) is 10.1 Å². The number of piperidine rings is 1. The topological polar surface area (TPSA) is 99.7 Å². The third-order valence-electron chi connectivity index (χ3n) is 5.55. The van der Waals surface area contributed by atoms with Gasteiger partial charge in [0, 0.05) is 25.6 Å². The van der Waals surface area contributed by atoms with Crippen molar-refractivity contribution in [2.45, 2.75) is 51.1 Å². The Labute approximate surface area is 175 Å². The van der Waals surface area contributed by atoms with E-state index in [9.17, 15) is 14.9 Å². The highest BCUT2D eigenvalue weighted by Gasteiger charge is 2.26. The van der Waals surface area contributed by atoms with Crippen LogP contribution in [0.4, 0.5) is 5.69 Å². The zero-order valence-corrected chi connectivity index (χ0v) is 17.5. The Kier molecular flexibility index (Phi) is 7.26. The Bertz CT molecular complexity index is 882. The van der Waals surface area contributed by atoms with Crippen molar-refractivity contribution in [2.24, 2.45) is 0 Å². The van der Waals surface area contributed by atoms with Crippen LogP contribution in [0.25, 0.3) is 0 Å². The Morgan fingerprint density at radius 2 is 2.07 bits per heavy atom. The van der Waals surface area contributed by atoms with E-state index < -0.39 is 4.92 Å². The highest BCUT2D eigenvalue weighted by Crippen LogP contribution is 2.29. The second-order valence-electron chi connectivity index (χ2n) is 7.43. The summed E-state index contributed by atoms with van der Waals surface area (Å²) < 4.78 is 12.1. The summed E-state index contributed by atoms with van der Waals surface area (Å²) in [5.74, 6) is 1.49. The molecule has 0 saturated carbocycles. The monoisotopic (exact) mass is 416 g/mol. The number of benzene rings is 1. The molecule has 1 aliphatic rings. The summed E-state index contributed by atoms with van der Waals surface area (Å²) in [6, 6.07) is 6.12. The van der Waals surface area contributed by atoms with Gasteiger partial charge in [-0.3, -0.25) is 19.6 Å². The van der Waals surface area contributed by atoms with Gasteiger partial charge in [0.05, 0.1) is 19.1 Å². The van der Waals surface area contributed by atoms with E-state index in [1.807, 2.05) is 23.1 Å². The van der Waals surface area contributed by atoms with E-state index in [-0.39, 0.29) is 24.1 Å². The van der Waals surface area contributed by atoms with Gasteiger partial charge in [-0.2, -0.15) is 5.10 Å².